The fourth-order valence-corrected chi connectivity index (χ4v) is 1.62. The van der Waals surface area contributed by atoms with Crippen LogP contribution in [0.5, 0.6) is 5.75 Å². The van der Waals surface area contributed by atoms with Crippen molar-refractivity contribution in [3.05, 3.63) is 29.8 Å². The molecule has 72 valence electrons. The van der Waals surface area contributed by atoms with Gasteiger partial charge in [0.2, 0.25) is 0 Å². The van der Waals surface area contributed by atoms with Crippen LogP contribution in [0.15, 0.2) is 24.3 Å². The predicted molar refractivity (Wildman–Crippen MR) is 58.0 cm³/mol. The molecular formula is C10H15NOS. The summed E-state index contributed by atoms with van der Waals surface area (Å²) in [6.45, 7) is 3.10. The number of ether oxygens (including phenoxy) is 1. The molecule has 0 bridgehead atoms. The van der Waals surface area contributed by atoms with Crippen LogP contribution >= 0.6 is 11.9 Å². The number of hydrogen-bond acceptors (Lipinski definition) is 3. The van der Waals surface area contributed by atoms with Crippen LogP contribution in [0.2, 0.25) is 0 Å². The molecule has 2 nitrogen and oxygen atoms in total. The molecular weight excluding hydrogens is 182 g/mol. The molecule has 1 rings (SSSR count). The van der Waals surface area contributed by atoms with E-state index in [0.717, 1.165) is 18.0 Å². The first-order chi connectivity index (χ1) is 6.36. The molecule has 0 aliphatic heterocycles. The fraction of sp³-hybridized carbons (Fsp3) is 0.400. The highest BCUT2D eigenvalue weighted by atomic mass is 32.2. The first-order valence-electron chi connectivity index (χ1n) is 4.34. The van der Waals surface area contributed by atoms with E-state index in [2.05, 4.69) is 23.8 Å². The molecule has 3 heteroatoms. The van der Waals surface area contributed by atoms with E-state index in [1.807, 2.05) is 12.1 Å². The minimum absolute atomic E-state index is 0.914. The van der Waals surface area contributed by atoms with Gasteiger partial charge in [0.05, 0.1) is 7.11 Å². The van der Waals surface area contributed by atoms with Gasteiger partial charge in [-0.1, -0.05) is 31.0 Å². The van der Waals surface area contributed by atoms with E-state index in [0.29, 0.717) is 0 Å². The van der Waals surface area contributed by atoms with Crippen LogP contribution in [0, 0.1) is 0 Å². The zero-order valence-corrected chi connectivity index (χ0v) is 8.86. The first kappa shape index (κ1) is 10.4. The molecule has 0 unspecified atom stereocenters. The summed E-state index contributed by atoms with van der Waals surface area (Å²) in [4.78, 5) is 0. The maximum atomic E-state index is 5.07. The van der Waals surface area contributed by atoms with Crippen molar-refractivity contribution in [1.82, 2.24) is 4.72 Å². The lowest BCUT2D eigenvalue weighted by Crippen LogP contribution is -2.00. The Morgan fingerprint density at radius 2 is 2.00 bits per heavy atom. The average molecular weight is 197 g/mol. The highest BCUT2D eigenvalue weighted by molar-refractivity contribution is 7.96. The summed E-state index contributed by atoms with van der Waals surface area (Å²) >= 11 is 1.73. The van der Waals surface area contributed by atoms with Gasteiger partial charge < -0.3 is 4.74 Å². The monoisotopic (exact) mass is 197 g/mol. The van der Waals surface area contributed by atoms with E-state index in [9.17, 15) is 0 Å². The Morgan fingerprint density at radius 3 is 2.54 bits per heavy atom. The van der Waals surface area contributed by atoms with Crippen molar-refractivity contribution >= 4 is 11.9 Å². The van der Waals surface area contributed by atoms with Gasteiger partial charge >= 0.3 is 0 Å². The summed E-state index contributed by atoms with van der Waals surface area (Å²) in [6.07, 6.45) is 0. The normalized spacial score (nSPS) is 10.0. The summed E-state index contributed by atoms with van der Waals surface area (Å²) in [5, 5.41) is 0. The summed E-state index contributed by atoms with van der Waals surface area (Å²) in [5.74, 6) is 1.91. The van der Waals surface area contributed by atoms with Gasteiger partial charge in [0, 0.05) is 12.3 Å². The molecule has 0 aliphatic carbocycles. The van der Waals surface area contributed by atoms with Crippen LogP contribution < -0.4 is 9.46 Å². The van der Waals surface area contributed by atoms with Crippen LogP contribution in [-0.4, -0.2) is 13.7 Å². The number of benzene rings is 1. The van der Waals surface area contributed by atoms with Crippen molar-refractivity contribution in [2.45, 2.75) is 12.7 Å². The molecule has 0 aromatic heterocycles. The van der Waals surface area contributed by atoms with Gasteiger partial charge in [-0.15, -0.1) is 0 Å². The molecule has 0 amide bonds. The highest BCUT2D eigenvalue weighted by Crippen LogP contribution is 2.14. The number of methoxy groups -OCH3 is 1. The third kappa shape index (κ3) is 3.70. The average Bonchev–Trinajstić information content (AvgIpc) is 2.19. The van der Waals surface area contributed by atoms with Crippen LogP contribution in [0.1, 0.15) is 12.5 Å². The molecule has 0 radical (unpaired) electrons. The standard InChI is InChI=1S/C10H15NOS/c1-3-11-13-8-9-4-6-10(12-2)7-5-9/h4-7,11H,3,8H2,1-2H3. The van der Waals surface area contributed by atoms with Gasteiger partial charge in [-0.2, -0.15) is 0 Å². The minimum atomic E-state index is 0.914. The third-order valence-electron chi connectivity index (χ3n) is 1.64. The highest BCUT2D eigenvalue weighted by Gasteiger charge is 1.93. The second kappa shape index (κ2) is 5.89. The van der Waals surface area contributed by atoms with E-state index in [4.69, 9.17) is 4.74 Å². The van der Waals surface area contributed by atoms with Crippen LogP contribution in [0.3, 0.4) is 0 Å². The lowest BCUT2D eigenvalue weighted by Gasteiger charge is -2.03. The lowest BCUT2D eigenvalue weighted by molar-refractivity contribution is 0.414. The van der Waals surface area contributed by atoms with Crippen molar-refractivity contribution in [2.24, 2.45) is 0 Å². The zero-order valence-electron chi connectivity index (χ0n) is 8.04. The largest absolute Gasteiger partial charge is 0.497 e. The molecule has 0 heterocycles. The van der Waals surface area contributed by atoms with Crippen molar-refractivity contribution in [3.63, 3.8) is 0 Å². The molecule has 0 fully saturated rings. The molecule has 1 N–H and O–H groups in total. The van der Waals surface area contributed by atoms with Crippen molar-refractivity contribution in [2.75, 3.05) is 13.7 Å². The van der Waals surface area contributed by atoms with Gasteiger partial charge in [-0.3, -0.25) is 4.72 Å². The molecule has 1 aromatic rings. The van der Waals surface area contributed by atoms with Crippen molar-refractivity contribution in [3.8, 4) is 5.75 Å². The number of rotatable bonds is 5. The fourth-order valence-electron chi connectivity index (χ4n) is 0.958. The Balaban J connectivity index is 2.40. The Morgan fingerprint density at radius 1 is 1.31 bits per heavy atom. The van der Waals surface area contributed by atoms with Crippen molar-refractivity contribution in [1.29, 1.82) is 0 Å². The zero-order chi connectivity index (χ0) is 9.52. The van der Waals surface area contributed by atoms with Crippen LogP contribution in [-0.2, 0) is 5.75 Å². The topological polar surface area (TPSA) is 21.3 Å². The number of nitrogens with one attached hydrogen (secondary N) is 1. The minimum Gasteiger partial charge on any atom is -0.497 e. The molecule has 0 atom stereocenters. The van der Waals surface area contributed by atoms with Crippen LogP contribution in [0.25, 0.3) is 0 Å². The van der Waals surface area contributed by atoms with E-state index in [1.165, 1.54) is 5.56 Å². The van der Waals surface area contributed by atoms with Gasteiger partial charge in [0.15, 0.2) is 0 Å². The summed E-state index contributed by atoms with van der Waals surface area (Å²) in [5.41, 5.74) is 1.31. The molecule has 0 saturated carbocycles. The van der Waals surface area contributed by atoms with E-state index < -0.39 is 0 Å². The van der Waals surface area contributed by atoms with Crippen LogP contribution in [0.4, 0.5) is 0 Å². The van der Waals surface area contributed by atoms with Gasteiger partial charge in [0.1, 0.15) is 5.75 Å². The van der Waals surface area contributed by atoms with E-state index in [1.54, 1.807) is 19.1 Å². The first-order valence-corrected chi connectivity index (χ1v) is 5.33. The van der Waals surface area contributed by atoms with E-state index >= 15 is 0 Å². The SMILES string of the molecule is CCNSCc1ccc(OC)cc1. The maximum absolute atomic E-state index is 5.07. The number of hydrogen-bond donors (Lipinski definition) is 1. The smallest absolute Gasteiger partial charge is 0.118 e. The van der Waals surface area contributed by atoms with E-state index in [-0.39, 0.29) is 0 Å². The maximum Gasteiger partial charge on any atom is 0.118 e. The third-order valence-corrected chi connectivity index (χ3v) is 2.61. The molecule has 0 aliphatic rings. The molecule has 1 aromatic carbocycles. The predicted octanol–water partition coefficient (Wildman–Crippen LogP) is 2.45. The summed E-state index contributed by atoms with van der Waals surface area (Å²) < 4.78 is 8.28. The van der Waals surface area contributed by atoms with Crippen molar-refractivity contribution < 1.29 is 4.74 Å². The lowest BCUT2D eigenvalue weighted by atomic mass is 10.2. The second-order valence-electron chi connectivity index (χ2n) is 2.63. The summed E-state index contributed by atoms with van der Waals surface area (Å²) in [6, 6.07) is 8.15. The Hall–Kier alpha value is -0.670. The molecule has 13 heavy (non-hydrogen) atoms. The quantitative estimate of drug-likeness (QED) is 0.578. The van der Waals surface area contributed by atoms with Gasteiger partial charge in [0.25, 0.3) is 0 Å². The Bertz CT molecular complexity index is 235. The van der Waals surface area contributed by atoms with Gasteiger partial charge in [-0.05, 0) is 17.7 Å². The molecule has 0 saturated heterocycles. The molecule has 0 spiro atoms. The Labute approximate surface area is 83.8 Å². The summed E-state index contributed by atoms with van der Waals surface area (Å²) in [7, 11) is 1.68. The van der Waals surface area contributed by atoms with Gasteiger partial charge in [-0.25, -0.2) is 0 Å². The Kier molecular flexibility index (Phi) is 4.72. The second-order valence-corrected chi connectivity index (χ2v) is 3.50.